The van der Waals surface area contributed by atoms with Gasteiger partial charge in [0.1, 0.15) is 5.75 Å². The highest BCUT2D eigenvalue weighted by atomic mass is 16.5. The number of fused-ring (bicyclic) bond motifs is 2. The van der Waals surface area contributed by atoms with Gasteiger partial charge in [0.15, 0.2) is 0 Å². The fraction of sp³-hybridized carbons (Fsp3) is 0.250. The quantitative estimate of drug-likeness (QED) is 0.271. The van der Waals surface area contributed by atoms with E-state index in [9.17, 15) is 0 Å². The lowest BCUT2D eigenvalue weighted by molar-refractivity contribution is -0.159. The molecule has 0 saturated carbocycles. The number of carbonyl (C=O) groups is 2. The minimum atomic E-state index is -1.82. The van der Waals surface area contributed by atoms with E-state index in [1.807, 2.05) is 6.07 Å². The van der Waals surface area contributed by atoms with Crippen LogP contribution in [0, 0.1) is 6.92 Å². The van der Waals surface area contributed by atoms with E-state index in [0.717, 1.165) is 25.3 Å². The number of aromatic amines is 1. The molecule has 2 heterocycles. The minimum Gasteiger partial charge on any atom is -0.497 e. The number of carboxylic acids is 2. The summed E-state index contributed by atoms with van der Waals surface area (Å²) in [5, 5.41) is 21.0. The molecule has 0 amide bonds. The average molecular weight is 437 g/mol. The van der Waals surface area contributed by atoms with Crippen LogP contribution >= 0.6 is 0 Å². The summed E-state index contributed by atoms with van der Waals surface area (Å²) in [6.07, 6.45) is 3.21. The van der Waals surface area contributed by atoms with Crippen LogP contribution in [0.25, 0.3) is 21.8 Å². The van der Waals surface area contributed by atoms with Crippen molar-refractivity contribution in [2.45, 2.75) is 19.9 Å². The van der Waals surface area contributed by atoms with Crippen molar-refractivity contribution in [2.75, 3.05) is 13.7 Å². The third kappa shape index (κ3) is 5.09. The van der Waals surface area contributed by atoms with Crippen LogP contribution in [0.2, 0.25) is 0 Å². The van der Waals surface area contributed by atoms with Gasteiger partial charge in [-0.1, -0.05) is 18.2 Å². The standard InChI is InChI=1S/C22H25N3O.C2H2O4/c1-15-18(20-12-17(26-3)8-9-21(20)24-15)10-11-23-13-16-14-25(2)22-7-5-4-6-19(16)22;3-1(4)2(5)6/h4-9,12,14,23-24H,10-11,13H2,1-3H3;(H,3,4)(H,5,6). The number of methoxy groups -OCH3 is 1. The first-order chi connectivity index (χ1) is 15.3. The van der Waals surface area contributed by atoms with Crippen molar-refractivity contribution >= 4 is 33.7 Å². The lowest BCUT2D eigenvalue weighted by Gasteiger charge is -2.06. The van der Waals surface area contributed by atoms with E-state index in [1.165, 1.54) is 38.6 Å². The molecule has 32 heavy (non-hydrogen) atoms. The summed E-state index contributed by atoms with van der Waals surface area (Å²) in [5.41, 5.74) is 6.40. The number of rotatable bonds is 6. The second-order valence-electron chi connectivity index (χ2n) is 7.46. The third-order valence-electron chi connectivity index (χ3n) is 5.36. The molecule has 0 aliphatic carbocycles. The fourth-order valence-corrected chi connectivity index (χ4v) is 3.81. The molecule has 0 saturated heterocycles. The normalized spacial score (nSPS) is 10.7. The van der Waals surface area contributed by atoms with Crippen molar-refractivity contribution < 1.29 is 24.5 Å². The zero-order chi connectivity index (χ0) is 23.3. The van der Waals surface area contributed by atoms with Crippen LogP contribution in [0.5, 0.6) is 5.75 Å². The van der Waals surface area contributed by atoms with E-state index < -0.39 is 11.9 Å². The maximum Gasteiger partial charge on any atom is 0.414 e. The molecule has 8 heteroatoms. The van der Waals surface area contributed by atoms with Gasteiger partial charge in [0, 0.05) is 47.3 Å². The number of hydrogen-bond donors (Lipinski definition) is 4. The zero-order valence-electron chi connectivity index (χ0n) is 18.3. The molecule has 8 nitrogen and oxygen atoms in total. The Labute approximate surface area is 185 Å². The minimum absolute atomic E-state index is 0.881. The lowest BCUT2D eigenvalue weighted by atomic mass is 10.1. The number of para-hydroxylation sites is 1. The van der Waals surface area contributed by atoms with Crippen molar-refractivity contribution in [1.29, 1.82) is 0 Å². The molecule has 4 N–H and O–H groups in total. The van der Waals surface area contributed by atoms with Gasteiger partial charge in [-0.3, -0.25) is 0 Å². The van der Waals surface area contributed by atoms with Gasteiger partial charge >= 0.3 is 11.9 Å². The van der Waals surface area contributed by atoms with Crippen LogP contribution in [-0.4, -0.2) is 45.4 Å². The summed E-state index contributed by atoms with van der Waals surface area (Å²) >= 11 is 0. The number of carboxylic acid groups (broad SMARTS) is 2. The molecule has 0 aliphatic rings. The van der Waals surface area contributed by atoms with Crippen molar-refractivity contribution in [1.82, 2.24) is 14.9 Å². The zero-order valence-corrected chi connectivity index (χ0v) is 18.3. The third-order valence-corrected chi connectivity index (χ3v) is 5.36. The van der Waals surface area contributed by atoms with Gasteiger partial charge in [0.05, 0.1) is 7.11 Å². The van der Waals surface area contributed by atoms with E-state index in [0.29, 0.717) is 0 Å². The number of aromatic nitrogens is 2. The molecule has 168 valence electrons. The van der Waals surface area contributed by atoms with Crippen LogP contribution in [0.3, 0.4) is 0 Å². The van der Waals surface area contributed by atoms with Gasteiger partial charge in [0.25, 0.3) is 0 Å². The van der Waals surface area contributed by atoms with Crippen molar-refractivity contribution in [2.24, 2.45) is 7.05 Å². The number of ether oxygens (including phenoxy) is 1. The smallest absolute Gasteiger partial charge is 0.414 e. The topological polar surface area (TPSA) is 117 Å². The predicted octanol–water partition coefficient (Wildman–Crippen LogP) is 3.46. The Kier molecular flexibility index (Phi) is 7.17. The Morgan fingerprint density at radius 1 is 1.09 bits per heavy atom. The van der Waals surface area contributed by atoms with Crippen LogP contribution < -0.4 is 10.1 Å². The Hall–Kier alpha value is -3.78. The fourth-order valence-electron chi connectivity index (χ4n) is 3.81. The molecule has 4 rings (SSSR count). The summed E-state index contributed by atoms with van der Waals surface area (Å²) in [7, 11) is 3.82. The van der Waals surface area contributed by atoms with Crippen LogP contribution in [-0.2, 0) is 29.6 Å². The first kappa shape index (κ1) is 22.9. The van der Waals surface area contributed by atoms with Gasteiger partial charge in [-0.25, -0.2) is 9.59 Å². The Bertz CT molecular complexity index is 1240. The number of nitrogens with one attached hydrogen (secondary N) is 2. The highest BCUT2D eigenvalue weighted by Gasteiger charge is 2.10. The molecule has 0 radical (unpaired) electrons. The molecule has 2 aromatic heterocycles. The van der Waals surface area contributed by atoms with Crippen LogP contribution in [0.1, 0.15) is 16.8 Å². The van der Waals surface area contributed by atoms with Gasteiger partial charge in [-0.15, -0.1) is 0 Å². The number of aryl methyl sites for hydroxylation is 2. The maximum atomic E-state index is 9.10. The van der Waals surface area contributed by atoms with E-state index in [-0.39, 0.29) is 0 Å². The SMILES string of the molecule is COc1ccc2[nH]c(C)c(CCNCc3cn(C)c4ccccc34)c2c1.O=C(O)C(=O)O. The number of nitrogens with zero attached hydrogens (tertiary/aromatic N) is 1. The Balaban J connectivity index is 0.000000427. The molecular formula is C24H27N3O5. The number of benzene rings is 2. The summed E-state index contributed by atoms with van der Waals surface area (Å²) in [6, 6.07) is 14.8. The predicted molar refractivity (Wildman–Crippen MR) is 123 cm³/mol. The highest BCUT2D eigenvalue weighted by molar-refractivity contribution is 6.27. The van der Waals surface area contributed by atoms with Crippen molar-refractivity contribution in [3.63, 3.8) is 0 Å². The summed E-state index contributed by atoms with van der Waals surface area (Å²) in [6.45, 7) is 3.97. The molecule has 4 aromatic rings. The molecule has 2 aromatic carbocycles. The van der Waals surface area contributed by atoms with Gasteiger partial charge in [-0.2, -0.15) is 0 Å². The summed E-state index contributed by atoms with van der Waals surface area (Å²) in [4.78, 5) is 21.7. The second kappa shape index (κ2) is 10.0. The molecule has 0 atom stereocenters. The first-order valence-corrected chi connectivity index (χ1v) is 10.2. The van der Waals surface area contributed by atoms with E-state index in [1.54, 1.807) is 7.11 Å². The number of hydrogen-bond acceptors (Lipinski definition) is 4. The second-order valence-corrected chi connectivity index (χ2v) is 7.46. The lowest BCUT2D eigenvalue weighted by Crippen LogP contribution is -2.16. The van der Waals surface area contributed by atoms with Gasteiger partial charge < -0.3 is 29.8 Å². The first-order valence-electron chi connectivity index (χ1n) is 10.2. The molecule has 0 spiro atoms. The number of aliphatic carboxylic acids is 2. The molecule has 0 unspecified atom stereocenters. The molecule has 0 aliphatic heterocycles. The van der Waals surface area contributed by atoms with E-state index in [4.69, 9.17) is 24.5 Å². The summed E-state index contributed by atoms with van der Waals surface area (Å²) in [5.74, 6) is -2.74. The average Bonchev–Trinajstić information content (AvgIpc) is 3.27. The number of H-pyrrole nitrogens is 1. The van der Waals surface area contributed by atoms with Crippen molar-refractivity contribution in [3.8, 4) is 5.75 Å². The molecule has 0 bridgehead atoms. The maximum absolute atomic E-state index is 9.10. The van der Waals surface area contributed by atoms with Gasteiger partial charge in [0.2, 0.25) is 0 Å². The Morgan fingerprint density at radius 3 is 2.50 bits per heavy atom. The van der Waals surface area contributed by atoms with Crippen molar-refractivity contribution in [3.05, 3.63) is 65.5 Å². The molecular weight excluding hydrogens is 410 g/mol. The van der Waals surface area contributed by atoms with Crippen LogP contribution in [0.4, 0.5) is 0 Å². The molecule has 0 fully saturated rings. The summed E-state index contributed by atoms with van der Waals surface area (Å²) < 4.78 is 7.58. The highest BCUT2D eigenvalue weighted by Crippen LogP contribution is 2.26. The van der Waals surface area contributed by atoms with Gasteiger partial charge in [-0.05, 0) is 55.3 Å². The Morgan fingerprint density at radius 2 is 1.81 bits per heavy atom. The largest absolute Gasteiger partial charge is 0.497 e. The van der Waals surface area contributed by atoms with E-state index in [2.05, 4.69) is 71.4 Å². The van der Waals surface area contributed by atoms with E-state index >= 15 is 0 Å². The monoisotopic (exact) mass is 437 g/mol. The van der Waals surface area contributed by atoms with Crippen LogP contribution in [0.15, 0.2) is 48.7 Å².